The molecule has 4 aliphatic rings. The molecule has 1 aliphatic carbocycles. The number of carbonyl (C=O) groups is 2. The third kappa shape index (κ3) is 5.98. The number of hydrogen-bond donors (Lipinski definition) is 3. The van der Waals surface area contributed by atoms with Crippen molar-refractivity contribution in [3.05, 3.63) is 0 Å². The molecule has 0 aromatic heterocycles. The van der Waals surface area contributed by atoms with Gasteiger partial charge in [-0.1, -0.05) is 25.7 Å². The average molecular weight is 437 g/mol. The summed E-state index contributed by atoms with van der Waals surface area (Å²) in [5, 5.41) is 10.1. The predicted octanol–water partition coefficient (Wildman–Crippen LogP) is 2.38. The van der Waals surface area contributed by atoms with Gasteiger partial charge in [0.2, 0.25) is 11.8 Å². The van der Waals surface area contributed by atoms with E-state index >= 15 is 0 Å². The number of nitrogens with zero attached hydrogens (tertiary/aromatic N) is 1. The van der Waals surface area contributed by atoms with Gasteiger partial charge in [0.15, 0.2) is 0 Å². The predicted molar refractivity (Wildman–Crippen MR) is 119 cm³/mol. The Hall–Kier alpha value is -1.21. The van der Waals surface area contributed by atoms with E-state index in [2.05, 4.69) is 16.0 Å². The van der Waals surface area contributed by atoms with Gasteiger partial charge in [0.1, 0.15) is 6.17 Å². The molecule has 2 amide bonds. The first-order valence-corrected chi connectivity index (χ1v) is 12.8. The number of rotatable bonds is 7. The fourth-order valence-electron chi connectivity index (χ4n) is 6.14. The van der Waals surface area contributed by atoms with Crippen LogP contribution in [-0.2, 0) is 9.59 Å². The van der Waals surface area contributed by atoms with E-state index in [1.54, 1.807) is 0 Å². The van der Waals surface area contributed by atoms with Gasteiger partial charge in [0.25, 0.3) is 0 Å². The van der Waals surface area contributed by atoms with Gasteiger partial charge in [-0.15, -0.1) is 0 Å². The number of nitrogens with one attached hydrogen (secondary N) is 3. The van der Waals surface area contributed by atoms with E-state index in [1.807, 2.05) is 4.90 Å². The van der Waals surface area contributed by atoms with Gasteiger partial charge in [-0.2, -0.15) is 0 Å². The molecule has 3 N–H and O–H groups in total. The summed E-state index contributed by atoms with van der Waals surface area (Å²) in [4.78, 5) is 27.0. The van der Waals surface area contributed by atoms with Gasteiger partial charge in [0.05, 0.1) is 12.0 Å². The minimum Gasteiger partial charge on any atom is -0.355 e. The van der Waals surface area contributed by atoms with Crippen molar-refractivity contribution in [2.75, 3.05) is 32.7 Å². The molecule has 3 saturated heterocycles. The van der Waals surface area contributed by atoms with Crippen molar-refractivity contribution in [3.8, 4) is 0 Å². The molecule has 4 fully saturated rings. The highest BCUT2D eigenvalue weighted by Crippen LogP contribution is 2.31. The van der Waals surface area contributed by atoms with Crippen LogP contribution in [0.15, 0.2) is 0 Å². The third-order valence-corrected chi connectivity index (χ3v) is 8.14. The van der Waals surface area contributed by atoms with E-state index in [0.717, 1.165) is 96.9 Å². The molecular formula is C24H41FN4O2. The number of piperidine rings is 2. The van der Waals surface area contributed by atoms with E-state index in [0.29, 0.717) is 24.3 Å². The van der Waals surface area contributed by atoms with Gasteiger partial charge in [-0.05, 0) is 69.9 Å². The summed E-state index contributed by atoms with van der Waals surface area (Å²) >= 11 is 0. The molecule has 6 nitrogen and oxygen atoms in total. The van der Waals surface area contributed by atoms with E-state index in [-0.39, 0.29) is 23.8 Å². The third-order valence-electron chi connectivity index (χ3n) is 8.14. The number of amides is 2. The Balaban J connectivity index is 1.06. The maximum absolute atomic E-state index is 14.1. The topological polar surface area (TPSA) is 73.5 Å². The van der Waals surface area contributed by atoms with Gasteiger partial charge >= 0.3 is 0 Å². The quantitative estimate of drug-likeness (QED) is 0.536. The monoisotopic (exact) mass is 436 g/mol. The summed E-state index contributed by atoms with van der Waals surface area (Å²) in [6.45, 7) is 4.40. The highest BCUT2D eigenvalue weighted by Gasteiger charge is 2.38. The van der Waals surface area contributed by atoms with Gasteiger partial charge < -0.3 is 20.9 Å². The lowest BCUT2D eigenvalue weighted by Gasteiger charge is -2.36. The Morgan fingerprint density at radius 2 is 1.84 bits per heavy atom. The first-order chi connectivity index (χ1) is 15.1. The van der Waals surface area contributed by atoms with E-state index in [4.69, 9.17) is 0 Å². The largest absolute Gasteiger partial charge is 0.355 e. The first-order valence-electron chi connectivity index (χ1n) is 12.8. The molecule has 0 aromatic carbocycles. The standard InChI is InChI=1S/C24H41FN4O2/c25-20-7-2-1-6-19(20)24(31)29-13-9-17(10-14-29)5-3-4-11-27-23(30)22-15-18-16-26-12-8-21(18)28-22/h17-22,26,28H,1-16H2,(H,27,30). The van der Waals surface area contributed by atoms with Crippen molar-refractivity contribution in [1.82, 2.24) is 20.9 Å². The molecule has 4 rings (SSSR count). The fraction of sp³-hybridized carbons (Fsp3) is 0.917. The second-order valence-electron chi connectivity index (χ2n) is 10.3. The summed E-state index contributed by atoms with van der Waals surface area (Å²) < 4.78 is 14.1. The van der Waals surface area contributed by atoms with Crippen LogP contribution in [0.1, 0.15) is 70.6 Å². The summed E-state index contributed by atoms with van der Waals surface area (Å²) in [6.07, 6.45) is 9.66. The molecule has 5 atom stereocenters. The minimum absolute atomic E-state index is 0.0233. The van der Waals surface area contributed by atoms with Gasteiger partial charge in [-0.25, -0.2) is 4.39 Å². The summed E-state index contributed by atoms with van der Waals surface area (Å²) in [6, 6.07) is 0.480. The van der Waals surface area contributed by atoms with Gasteiger partial charge in [-0.3, -0.25) is 9.59 Å². The second kappa shape index (κ2) is 11.1. The normalized spacial score (nSPS) is 34.4. The van der Waals surface area contributed by atoms with Crippen molar-refractivity contribution in [2.24, 2.45) is 17.8 Å². The Kier molecular flexibility index (Phi) is 8.21. The van der Waals surface area contributed by atoms with Crippen LogP contribution in [0, 0.1) is 17.8 Å². The number of halogens is 1. The van der Waals surface area contributed by atoms with Crippen molar-refractivity contribution < 1.29 is 14.0 Å². The molecule has 0 bridgehead atoms. The Morgan fingerprint density at radius 3 is 2.61 bits per heavy atom. The van der Waals surface area contributed by atoms with Crippen LogP contribution in [0.4, 0.5) is 4.39 Å². The number of hydrogen-bond acceptors (Lipinski definition) is 4. The van der Waals surface area contributed by atoms with Crippen molar-refractivity contribution in [1.29, 1.82) is 0 Å². The lowest BCUT2D eigenvalue weighted by atomic mass is 9.85. The van der Waals surface area contributed by atoms with Crippen molar-refractivity contribution in [3.63, 3.8) is 0 Å². The lowest BCUT2D eigenvalue weighted by Crippen LogP contribution is -2.45. The summed E-state index contributed by atoms with van der Waals surface area (Å²) in [7, 11) is 0. The zero-order valence-electron chi connectivity index (χ0n) is 18.9. The number of fused-ring (bicyclic) bond motifs is 1. The number of unbranched alkanes of at least 4 members (excludes halogenated alkanes) is 1. The minimum atomic E-state index is -0.936. The average Bonchev–Trinajstić information content (AvgIpc) is 3.23. The molecule has 5 unspecified atom stereocenters. The van der Waals surface area contributed by atoms with E-state index in [1.165, 1.54) is 0 Å². The Labute approximate surface area is 186 Å². The molecule has 3 heterocycles. The highest BCUT2D eigenvalue weighted by atomic mass is 19.1. The molecule has 7 heteroatoms. The smallest absolute Gasteiger partial charge is 0.237 e. The molecule has 3 aliphatic heterocycles. The van der Waals surface area contributed by atoms with Crippen LogP contribution in [-0.4, -0.2) is 67.7 Å². The first kappa shape index (κ1) is 23.0. The van der Waals surface area contributed by atoms with Crippen molar-refractivity contribution in [2.45, 2.75) is 88.9 Å². The van der Waals surface area contributed by atoms with Crippen LogP contribution >= 0.6 is 0 Å². The summed E-state index contributed by atoms with van der Waals surface area (Å²) in [5.74, 6) is 1.08. The Bertz CT molecular complexity index is 596. The molecule has 176 valence electrons. The van der Waals surface area contributed by atoms with E-state index < -0.39 is 6.17 Å². The molecule has 0 spiro atoms. The zero-order valence-corrected chi connectivity index (χ0v) is 18.9. The van der Waals surface area contributed by atoms with Crippen LogP contribution in [0.25, 0.3) is 0 Å². The lowest BCUT2D eigenvalue weighted by molar-refractivity contribution is -0.140. The maximum atomic E-state index is 14.1. The van der Waals surface area contributed by atoms with Gasteiger partial charge in [0, 0.05) is 25.7 Å². The Morgan fingerprint density at radius 1 is 1.03 bits per heavy atom. The zero-order chi connectivity index (χ0) is 21.6. The number of likely N-dealkylation sites (tertiary alicyclic amines) is 1. The molecule has 1 saturated carbocycles. The second-order valence-corrected chi connectivity index (χ2v) is 10.3. The molecule has 0 aromatic rings. The van der Waals surface area contributed by atoms with Crippen LogP contribution in [0.2, 0.25) is 0 Å². The van der Waals surface area contributed by atoms with E-state index in [9.17, 15) is 14.0 Å². The summed E-state index contributed by atoms with van der Waals surface area (Å²) in [5.41, 5.74) is 0. The maximum Gasteiger partial charge on any atom is 0.237 e. The molecule has 0 radical (unpaired) electrons. The van der Waals surface area contributed by atoms with Crippen molar-refractivity contribution >= 4 is 11.8 Å². The van der Waals surface area contributed by atoms with Crippen LogP contribution < -0.4 is 16.0 Å². The van der Waals surface area contributed by atoms with Crippen LogP contribution in [0.3, 0.4) is 0 Å². The number of carbonyl (C=O) groups excluding carboxylic acids is 2. The fourth-order valence-corrected chi connectivity index (χ4v) is 6.14. The van der Waals surface area contributed by atoms with Crippen LogP contribution in [0.5, 0.6) is 0 Å². The highest BCUT2D eigenvalue weighted by molar-refractivity contribution is 5.82. The molecular weight excluding hydrogens is 395 g/mol. The number of alkyl halides is 1. The SMILES string of the molecule is O=C(NCCCCC1CCN(C(=O)C2CCCCC2F)CC1)C1CC2CNCCC2N1. The molecule has 31 heavy (non-hydrogen) atoms.